The molecule has 0 aliphatic rings. The van der Waals surface area contributed by atoms with Crippen LogP contribution >= 0.6 is 23.1 Å². The number of urea groups is 1. The summed E-state index contributed by atoms with van der Waals surface area (Å²) in [5.74, 6) is 2.41. The van der Waals surface area contributed by atoms with Gasteiger partial charge in [0.05, 0.1) is 7.11 Å². The number of benzene rings is 2. The maximum Gasteiger partial charge on any atom is 0.325 e. The van der Waals surface area contributed by atoms with Gasteiger partial charge in [0.2, 0.25) is 5.13 Å². The van der Waals surface area contributed by atoms with Gasteiger partial charge in [0.1, 0.15) is 10.8 Å². The van der Waals surface area contributed by atoms with Crippen LogP contribution in [0.25, 0.3) is 0 Å². The molecular weight excluding hydrogens is 380 g/mol. The summed E-state index contributed by atoms with van der Waals surface area (Å²) in [6.45, 7) is 2.09. The first-order chi connectivity index (χ1) is 13.1. The topological polar surface area (TPSA) is 76.1 Å². The minimum Gasteiger partial charge on any atom is -0.497 e. The molecule has 3 aromatic rings. The fourth-order valence-electron chi connectivity index (χ4n) is 2.35. The van der Waals surface area contributed by atoms with Crippen molar-refractivity contribution < 1.29 is 9.53 Å². The van der Waals surface area contributed by atoms with Crippen molar-refractivity contribution in [3.8, 4) is 5.75 Å². The van der Waals surface area contributed by atoms with Crippen LogP contribution in [0.1, 0.15) is 16.1 Å². The Kier molecular flexibility index (Phi) is 6.67. The number of thioether (sulfide) groups is 1. The molecular formula is C19H20N4O2S2. The number of hydrogen-bond acceptors (Lipinski definition) is 6. The number of nitrogens with one attached hydrogen (secondary N) is 2. The first-order valence-corrected chi connectivity index (χ1v) is 10.3. The summed E-state index contributed by atoms with van der Waals surface area (Å²) in [7, 11) is 1.60. The van der Waals surface area contributed by atoms with Gasteiger partial charge in [-0.1, -0.05) is 41.2 Å². The second kappa shape index (κ2) is 9.38. The highest BCUT2D eigenvalue weighted by atomic mass is 32.2. The van der Waals surface area contributed by atoms with Crippen LogP contribution in [0.15, 0.2) is 48.5 Å². The van der Waals surface area contributed by atoms with Crippen LogP contribution in [0, 0.1) is 6.92 Å². The zero-order chi connectivity index (χ0) is 19.1. The first-order valence-electron chi connectivity index (χ1n) is 8.30. The van der Waals surface area contributed by atoms with E-state index < -0.39 is 0 Å². The van der Waals surface area contributed by atoms with Crippen molar-refractivity contribution >= 4 is 39.9 Å². The minimum absolute atomic E-state index is 0.352. The number of carbonyl (C=O) groups is 1. The molecule has 2 aromatic carbocycles. The second-order valence-electron chi connectivity index (χ2n) is 5.79. The standard InChI is InChI=1S/C19H20N4O2S2/c1-13-4-3-5-14(10-13)11-26-12-17-22-23-19(27-17)21-18(24)20-15-6-8-16(25-2)9-7-15/h3-10H,11-12H2,1-2H3,(H2,20,21,23,24). The number of aryl methyl sites for hydroxylation is 1. The summed E-state index contributed by atoms with van der Waals surface area (Å²) in [5, 5.41) is 15.0. The van der Waals surface area contributed by atoms with Crippen molar-refractivity contribution in [2.24, 2.45) is 0 Å². The summed E-state index contributed by atoms with van der Waals surface area (Å²) < 4.78 is 5.09. The van der Waals surface area contributed by atoms with E-state index in [2.05, 4.69) is 52.0 Å². The molecule has 0 bridgehead atoms. The number of rotatable bonds is 7. The third-order valence-corrected chi connectivity index (χ3v) is 5.65. The van der Waals surface area contributed by atoms with Gasteiger partial charge in [-0.2, -0.15) is 0 Å². The zero-order valence-corrected chi connectivity index (χ0v) is 16.7. The van der Waals surface area contributed by atoms with Crippen LogP contribution in [0.3, 0.4) is 0 Å². The minimum atomic E-state index is -0.352. The molecule has 8 heteroatoms. The highest BCUT2D eigenvalue weighted by Crippen LogP contribution is 2.23. The van der Waals surface area contributed by atoms with E-state index in [1.54, 1.807) is 43.1 Å². The van der Waals surface area contributed by atoms with E-state index in [1.165, 1.54) is 22.5 Å². The van der Waals surface area contributed by atoms with Crippen molar-refractivity contribution in [2.75, 3.05) is 17.7 Å². The molecule has 27 heavy (non-hydrogen) atoms. The van der Waals surface area contributed by atoms with Crippen molar-refractivity contribution in [1.29, 1.82) is 0 Å². The van der Waals surface area contributed by atoms with Gasteiger partial charge in [-0.15, -0.1) is 22.0 Å². The number of hydrogen-bond donors (Lipinski definition) is 2. The predicted molar refractivity (Wildman–Crippen MR) is 112 cm³/mol. The Morgan fingerprint density at radius 1 is 1.11 bits per heavy atom. The predicted octanol–water partition coefficient (Wildman–Crippen LogP) is 4.93. The number of methoxy groups -OCH3 is 1. The Balaban J connectivity index is 1.46. The van der Waals surface area contributed by atoms with Gasteiger partial charge in [0.15, 0.2) is 0 Å². The van der Waals surface area contributed by atoms with E-state index in [0.717, 1.165) is 22.3 Å². The van der Waals surface area contributed by atoms with Gasteiger partial charge in [-0.25, -0.2) is 4.79 Å². The molecule has 2 amide bonds. The van der Waals surface area contributed by atoms with Crippen LogP contribution in [-0.2, 0) is 11.5 Å². The van der Waals surface area contributed by atoms with Gasteiger partial charge in [-0.05, 0) is 36.8 Å². The monoisotopic (exact) mass is 400 g/mol. The molecule has 0 aliphatic carbocycles. The highest BCUT2D eigenvalue weighted by Gasteiger charge is 2.09. The van der Waals surface area contributed by atoms with Gasteiger partial charge >= 0.3 is 6.03 Å². The smallest absolute Gasteiger partial charge is 0.325 e. The summed E-state index contributed by atoms with van der Waals surface area (Å²) in [6.07, 6.45) is 0. The Morgan fingerprint density at radius 3 is 2.67 bits per heavy atom. The molecule has 0 spiro atoms. The molecule has 3 rings (SSSR count). The average Bonchev–Trinajstić information content (AvgIpc) is 3.09. The van der Waals surface area contributed by atoms with Crippen LogP contribution < -0.4 is 15.4 Å². The van der Waals surface area contributed by atoms with Crippen molar-refractivity contribution in [1.82, 2.24) is 10.2 Å². The molecule has 6 nitrogen and oxygen atoms in total. The molecule has 0 saturated carbocycles. The Bertz CT molecular complexity index is 897. The average molecular weight is 401 g/mol. The molecule has 1 heterocycles. The number of aromatic nitrogens is 2. The summed E-state index contributed by atoms with van der Waals surface area (Å²) in [4.78, 5) is 12.1. The van der Waals surface area contributed by atoms with E-state index in [-0.39, 0.29) is 6.03 Å². The lowest BCUT2D eigenvalue weighted by Crippen LogP contribution is -2.19. The molecule has 0 saturated heterocycles. The number of carbonyl (C=O) groups excluding carboxylic acids is 1. The number of ether oxygens (including phenoxy) is 1. The molecule has 0 atom stereocenters. The Labute approximate surface area is 166 Å². The lowest BCUT2D eigenvalue weighted by atomic mass is 10.2. The van der Waals surface area contributed by atoms with Crippen molar-refractivity contribution in [2.45, 2.75) is 18.4 Å². The van der Waals surface area contributed by atoms with E-state index in [0.29, 0.717) is 10.8 Å². The number of nitrogens with zero attached hydrogens (tertiary/aromatic N) is 2. The van der Waals surface area contributed by atoms with Gasteiger partial charge in [-0.3, -0.25) is 5.32 Å². The summed E-state index contributed by atoms with van der Waals surface area (Å²) >= 11 is 3.16. The fourth-order valence-corrected chi connectivity index (χ4v) is 4.12. The van der Waals surface area contributed by atoms with Gasteiger partial charge in [0.25, 0.3) is 0 Å². The molecule has 0 fully saturated rings. The Morgan fingerprint density at radius 2 is 1.93 bits per heavy atom. The first kappa shape index (κ1) is 19.2. The molecule has 0 radical (unpaired) electrons. The van der Waals surface area contributed by atoms with Crippen LogP contribution in [-0.4, -0.2) is 23.3 Å². The Hall–Kier alpha value is -2.58. The molecule has 2 N–H and O–H groups in total. The van der Waals surface area contributed by atoms with E-state index in [1.807, 2.05) is 0 Å². The lowest BCUT2D eigenvalue weighted by Gasteiger charge is -2.05. The summed E-state index contributed by atoms with van der Waals surface area (Å²) in [6, 6.07) is 15.2. The third-order valence-electron chi connectivity index (χ3n) is 3.61. The normalized spacial score (nSPS) is 10.4. The van der Waals surface area contributed by atoms with Crippen LogP contribution in [0.4, 0.5) is 15.6 Å². The third kappa shape index (κ3) is 5.97. The highest BCUT2D eigenvalue weighted by molar-refractivity contribution is 7.97. The van der Waals surface area contributed by atoms with Gasteiger partial charge < -0.3 is 10.1 Å². The summed E-state index contributed by atoms with van der Waals surface area (Å²) in [5.41, 5.74) is 3.23. The largest absolute Gasteiger partial charge is 0.497 e. The molecule has 140 valence electrons. The van der Waals surface area contributed by atoms with E-state index in [4.69, 9.17) is 4.74 Å². The van der Waals surface area contributed by atoms with Crippen molar-refractivity contribution in [3.63, 3.8) is 0 Å². The van der Waals surface area contributed by atoms with Gasteiger partial charge in [0, 0.05) is 17.2 Å². The second-order valence-corrected chi connectivity index (χ2v) is 7.84. The lowest BCUT2D eigenvalue weighted by molar-refractivity contribution is 0.262. The van der Waals surface area contributed by atoms with Crippen LogP contribution in [0.2, 0.25) is 0 Å². The fraction of sp³-hybridized carbons (Fsp3) is 0.211. The van der Waals surface area contributed by atoms with Crippen molar-refractivity contribution in [3.05, 3.63) is 64.7 Å². The quantitative estimate of drug-likeness (QED) is 0.588. The number of anilines is 2. The SMILES string of the molecule is COc1ccc(NC(=O)Nc2nnc(CSCc3cccc(C)c3)s2)cc1. The maximum atomic E-state index is 12.1. The molecule has 1 aromatic heterocycles. The zero-order valence-electron chi connectivity index (χ0n) is 15.1. The molecule has 0 aliphatic heterocycles. The molecule has 0 unspecified atom stereocenters. The maximum absolute atomic E-state index is 12.1. The van der Waals surface area contributed by atoms with E-state index >= 15 is 0 Å². The number of amides is 2. The van der Waals surface area contributed by atoms with E-state index in [9.17, 15) is 4.79 Å². The van der Waals surface area contributed by atoms with Crippen LogP contribution in [0.5, 0.6) is 5.75 Å².